The number of fused-ring (bicyclic) bond motifs is 2. The largest absolute Gasteiger partial charge is 0.495 e. The quantitative estimate of drug-likeness (QED) is 0.313. The molecule has 6 aromatic rings. The number of anilines is 2. The number of pyridine rings is 1. The van der Waals surface area contributed by atoms with E-state index >= 15 is 0 Å². The molecule has 2 N–H and O–H groups in total. The van der Waals surface area contributed by atoms with Gasteiger partial charge in [-0.2, -0.15) is 0 Å². The summed E-state index contributed by atoms with van der Waals surface area (Å²) in [6, 6.07) is 25.2. The lowest BCUT2D eigenvalue weighted by atomic mass is 10.3. The summed E-state index contributed by atoms with van der Waals surface area (Å²) in [5.41, 5.74) is 5.21. The summed E-state index contributed by atoms with van der Waals surface area (Å²) in [5, 5.41) is 3.35. The van der Waals surface area contributed by atoms with Crippen molar-refractivity contribution in [3.63, 3.8) is 0 Å². The van der Waals surface area contributed by atoms with Crippen LogP contribution in [-0.4, -0.2) is 31.6 Å². The minimum absolute atomic E-state index is 0.665. The Labute approximate surface area is 201 Å². The van der Waals surface area contributed by atoms with Gasteiger partial charge in [-0.1, -0.05) is 24.3 Å². The van der Waals surface area contributed by atoms with Gasteiger partial charge in [0.05, 0.1) is 34.9 Å². The summed E-state index contributed by atoms with van der Waals surface area (Å²) < 4.78 is 13.6. The van der Waals surface area contributed by atoms with Crippen molar-refractivity contribution in [2.45, 2.75) is 0 Å². The number of hydrogen-bond donors (Lipinski definition) is 2. The van der Waals surface area contributed by atoms with Crippen molar-refractivity contribution < 1.29 is 9.47 Å². The van der Waals surface area contributed by atoms with Crippen LogP contribution in [0.15, 0.2) is 85.1 Å². The molecule has 172 valence electrons. The van der Waals surface area contributed by atoms with Crippen LogP contribution in [0.3, 0.4) is 0 Å². The van der Waals surface area contributed by atoms with Crippen LogP contribution in [0.2, 0.25) is 0 Å². The van der Waals surface area contributed by atoms with Gasteiger partial charge in [0, 0.05) is 25.4 Å². The Morgan fingerprint density at radius 1 is 0.857 bits per heavy atom. The van der Waals surface area contributed by atoms with Crippen LogP contribution in [-0.2, 0) is 7.05 Å². The molecule has 0 unspecified atom stereocenters. The van der Waals surface area contributed by atoms with Crippen molar-refractivity contribution in [2.75, 3.05) is 12.4 Å². The number of benzene rings is 3. The standard InChI is InChI=1S/C27H22N6O2/c1-33-24-12-11-17(15-22(24)32-27(33)31-21-9-5-6-10-25(21)34-2)35-18-13-14-28-23(16-18)26-29-19-7-3-4-8-20(19)30-26/h3-16H,1-2H3,(H,29,30)(H,31,32). The van der Waals surface area contributed by atoms with Crippen molar-refractivity contribution >= 4 is 33.7 Å². The first-order valence-electron chi connectivity index (χ1n) is 11.1. The monoisotopic (exact) mass is 462 g/mol. The van der Waals surface area contributed by atoms with Crippen LogP contribution in [0.4, 0.5) is 11.6 Å². The predicted molar refractivity (Wildman–Crippen MR) is 136 cm³/mol. The number of hydrogen-bond acceptors (Lipinski definition) is 6. The van der Waals surface area contributed by atoms with Crippen LogP contribution in [0.25, 0.3) is 33.6 Å². The Morgan fingerprint density at radius 3 is 2.57 bits per heavy atom. The second kappa shape index (κ2) is 8.49. The molecule has 8 heteroatoms. The van der Waals surface area contributed by atoms with Crippen LogP contribution in [0.1, 0.15) is 0 Å². The molecular weight excluding hydrogens is 440 g/mol. The highest BCUT2D eigenvalue weighted by Gasteiger charge is 2.12. The van der Waals surface area contributed by atoms with Crippen LogP contribution < -0.4 is 14.8 Å². The summed E-state index contributed by atoms with van der Waals surface area (Å²) in [5.74, 6) is 3.50. The normalized spacial score (nSPS) is 11.1. The third-order valence-corrected chi connectivity index (χ3v) is 5.80. The van der Waals surface area contributed by atoms with Crippen molar-refractivity contribution in [2.24, 2.45) is 7.05 Å². The number of nitrogens with one attached hydrogen (secondary N) is 2. The van der Waals surface area contributed by atoms with Crippen molar-refractivity contribution in [3.8, 4) is 28.8 Å². The molecule has 3 aromatic heterocycles. The van der Waals surface area contributed by atoms with E-state index in [1.165, 1.54) is 0 Å². The highest BCUT2D eigenvalue weighted by atomic mass is 16.5. The molecule has 0 saturated carbocycles. The predicted octanol–water partition coefficient (Wildman–Crippen LogP) is 6.06. The number of aromatic nitrogens is 5. The van der Waals surface area contributed by atoms with E-state index in [2.05, 4.69) is 20.3 Å². The lowest BCUT2D eigenvalue weighted by molar-refractivity contribution is 0.417. The number of aromatic amines is 1. The van der Waals surface area contributed by atoms with E-state index in [9.17, 15) is 0 Å². The number of H-pyrrole nitrogens is 1. The lowest BCUT2D eigenvalue weighted by Crippen LogP contribution is -2.00. The Hall–Kier alpha value is -4.85. The molecule has 0 aliphatic rings. The Bertz CT molecular complexity index is 1640. The molecule has 6 rings (SSSR count). The molecule has 8 nitrogen and oxygen atoms in total. The first kappa shape index (κ1) is 20.7. The van der Waals surface area contributed by atoms with Crippen molar-refractivity contribution in [1.82, 2.24) is 24.5 Å². The number of imidazole rings is 2. The van der Waals surface area contributed by atoms with Gasteiger partial charge in [-0.25, -0.2) is 9.97 Å². The molecule has 35 heavy (non-hydrogen) atoms. The summed E-state index contributed by atoms with van der Waals surface area (Å²) in [6.45, 7) is 0. The SMILES string of the molecule is COc1ccccc1Nc1nc2cc(Oc3ccnc(-c4nc5ccccc5[nH]4)c3)ccc2n1C. The number of nitrogens with zero attached hydrogens (tertiary/aromatic N) is 4. The molecule has 0 aliphatic carbocycles. The number of methoxy groups -OCH3 is 1. The van der Waals surface area contributed by atoms with Crippen LogP contribution in [0.5, 0.6) is 17.2 Å². The molecule has 0 radical (unpaired) electrons. The average molecular weight is 463 g/mol. The van der Waals surface area contributed by atoms with Crippen molar-refractivity contribution in [1.29, 1.82) is 0 Å². The third-order valence-electron chi connectivity index (χ3n) is 5.80. The topological polar surface area (TPSA) is 89.9 Å². The first-order chi connectivity index (χ1) is 17.2. The second-order valence-electron chi connectivity index (χ2n) is 8.05. The maximum absolute atomic E-state index is 6.16. The van der Waals surface area contributed by atoms with Gasteiger partial charge >= 0.3 is 0 Å². The first-order valence-corrected chi connectivity index (χ1v) is 11.1. The minimum Gasteiger partial charge on any atom is -0.495 e. The van der Waals surface area contributed by atoms with Gasteiger partial charge in [0.2, 0.25) is 5.95 Å². The third kappa shape index (κ3) is 3.91. The minimum atomic E-state index is 0.665. The van der Waals surface area contributed by atoms with E-state index < -0.39 is 0 Å². The van der Waals surface area contributed by atoms with Gasteiger partial charge in [-0.3, -0.25) is 4.98 Å². The highest BCUT2D eigenvalue weighted by Crippen LogP contribution is 2.31. The summed E-state index contributed by atoms with van der Waals surface area (Å²) in [7, 11) is 3.62. The fourth-order valence-electron chi connectivity index (χ4n) is 4.04. The zero-order valence-corrected chi connectivity index (χ0v) is 19.2. The zero-order chi connectivity index (χ0) is 23.8. The average Bonchev–Trinajstić information content (AvgIpc) is 3.45. The second-order valence-corrected chi connectivity index (χ2v) is 8.05. The molecule has 0 saturated heterocycles. The van der Waals surface area contributed by atoms with E-state index in [4.69, 9.17) is 14.5 Å². The van der Waals surface area contributed by atoms with Crippen LogP contribution >= 0.6 is 0 Å². The molecule has 3 aromatic carbocycles. The molecule has 0 amide bonds. The Kier molecular flexibility index (Phi) is 5.03. The number of ether oxygens (including phenoxy) is 2. The van der Waals surface area contributed by atoms with Gasteiger partial charge < -0.3 is 24.3 Å². The van der Waals surface area contributed by atoms with E-state index in [1.54, 1.807) is 13.3 Å². The maximum Gasteiger partial charge on any atom is 0.208 e. The van der Waals surface area contributed by atoms with E-state index in [1.807, 2.05) is 90.5 Å². The number of rotatable bonds is 6. The Morgan fingerprint density at radius 2 is 1.69 bits per heavy atom. The molecule has 3 heterocycles. The fourth-order valence-corrected chi connectivity index (χ4v) is 4.04. The fraction of sp³-hybridized carbons (Fsp3) is 0.0741. The summed E-state index contributed by atoms with van der Waals surface area (Å²) in [6.07, 6.45) is 1.71. The molecule has 0 spiro atoms. The van der Waals surface area contributed by atoms with Gasteiger partial charge in [-0.15, -0.1) is 0 Å². The van der Waals surface area contributed by atoms with E-state index in [0.717, 1.165) is 33.5 Å². The summed E-state index contributed by atoms with van der Waals surface area (Å²) in [4.78, 5) is 17.2. The lowest BCUT2D eigenvalue weighted by Gasteiger charge is -2.10. The zero-order valence-electron chi connectivity index (χ0n) is 19.2. The smallest absolute Gasteiger partial charge is 0.208 e. The van der Waals surface area contributed by atoms with Gasteiger partial charge in [0.1, 0.15) is 22.9 Å². The highest BCUT2D eigenvalue weighted by molar-refractivity contribution is 5.82. The number of para-hydroxylation sites is 4. The Balaban J connectivity index is 1.28. The van der Waals surface area contributed by atoms with E-state index in [-0.39, 0.29) is 0 Å². The van der Waals surface area contributed by atoms with Gasteiger partial charge in [-0.05, 0) is 42.5 Å². The summed E-state index contributed by atoms with van der Waals surface area (Å²) >= 11 is 0. The molecule has 0 bridgehead atoms. The van der Waals surface area contributed by atoms with Crippen molar-refractivity contribution in [3.05, 3.63) is 85.1 Å². The molecule has 0 fully saturated rings. The molecule has 0 atom stereocenters. The van der Waals surface area contributed by atoms with Gasteiger partial charge in [0.25, 0.3) is 0 Å². The van der Waals surface area contributed by atoms with E-state index in [0.29, 0.717) is 29.0 Å². The van der Waals surface area contributed by atoms with Gasteiger partial charge in [0.15, 0.2) is 5.82 Å². The van der Waals surface area contributed by atoms with Crippen LogP contribution in [0, 0.1) is 0 Å². The molecular formula is C27H22N6O2. The molecule has 0 aliphatic heterocycles. The maximum atomic E-state index is 6.16. The number of aryl methyl sites for hydroxylation is 1.